The van der Waals surface area contributed by atoms with Crippen LogP contribution < -0.4 is 4.74 Å². The van der Waals surface area contributed by atoms with Crippen molar-refractivity contribution in [2.45, 2.75) is 25.9 Å². The van der Waals surface area contributed by atoms with E-state index >= 15 is 0 Å². The number of methoxy groups -OCH3 is 1. The normalized spacial score (nSPS) is 21.1. The van der Waals surface area contributed by atoms with Crippen molar-refractivity contribution in [2.24, 2.45) is 0 Å². The van der Waals surface area contributed by atoms with Crippen LogP contribution in [-0.4, -0.2) is 13.7 Å². The maximum atomic E-state index is 5.63. The van der Waals surface area contributed by atoms with E-state index in [1.807, 2.05) is 6.07 Å². The Morgan fingerprint density at radius 2 is 2.29 bits per heavy atom. The van der Waals surface area contributed by atoms with Crippen LogP contribution in [0.4, 0.5) is 0 Å². The van der Waals surface area contributed by atoms with E-state index in [2.05, 4.69) is 19.1 Å². The lowest BCUT2D eigenvalue weighted by Crippen LogP contribution is -1.97. The van der Waals surface area contributed by atoms with Crippen molar-refractivity contribution in [3.05, 3.63) is 29.3 Å². The zero-order valence-electron chi connectivity index (χ0n) is 8.75. The van der Waals surface area contributed by atoms with E-state index in [1.54, 1.807) is 7.11 Å². The molecule has 0 aromatic heterocycles. The molecule has 0 spiro atoms. The number of aryl methyl sites for hydroxylation is 1. The van der Waals surface area contributed by atoms with Gasteiger partial charge in [-0.3, -0.25) is 0 Å². The second-order valence-electron chi connectivity index (χ2n) is 3.73. The highest BCUT2D eigenvalue weighted by Crippen LogP contribution is 2.31. The Balaban J connectivity index is 2.23. The molecule has 1 fully saturated rings. The fraction of sp³-hybridized carbons (Fsp3) is 0.500. The van der Waals surface area contributed by atoms with E-state index in [-0.39, 0.29) is 0 Å². The topological polar surface area (TPSA) is 18.5 Å². The van der Waals surface area contributed by atoms with E-state index in [1.165, 1.54) is 17.5 Å². The Morgan fingerprint density at radius 1 is 1.43 bits per heavy atom. The van der Waals surface area contributed by atoms with Gasteiger partial charge in [-0.05, 0) is 43.0 Å². The summed E-state index contributed by atoms with van der Waals surface area (Å²) in [6, 6.07) is 6.28. The predicted molar refractivity (Wildman–Crippen MR) is 55.7 cm³/mol. The molecule has 0 N–H and O–H groups in total. The van der Waals surface area contributed by atoms with Crippen LogP contribution in [-0.2, 0) is 4.74 Å². The quantitative estimate of drug-likeness (QED) is 0.717. The molecule has 1 saturated heterocycles. The molecule has 0 aliphatic carbocycles. The van der Waals surface area contributed by atoms with Crippen molar-refractivity contribution in [2.75, 3.05) is 13.7 Å². The van der Waals surface area contributed by atoms with Crippen LogP contribution in [0.15, 0.2) is 18.2 Å². The monoisotopic (exact) mass is 192 g/mol. The van der Waals surface area contributed by atoms with Gasteiger partial charge in [-0.2, -0.15) is 0 Å². The molecule has 0 amide bonds. The predicted octanol–water partition coefficient (Wildman–Crippen LogP) is 2.86. The van der Waals surface area contributed by atoms with Gasteiger partial charge in [0.15, 0.2) is 0 Å². The summed E-state index contributed by atoms with van der Waals surface area (Å²) in [6.07, 6.45) is 2.63. The van der Waals surface area contributed by atoms with Gasteiger partial charge in [-0.15, -0.1) is 0 Å². The average molecular weight is 192 g/mol. The van der Waals surface area contributed by atoms with Gasteiger partial charge < -0.3 is 9.47 Å². The highest BCUT2D eigenvalue weighted by molar-refractivity contribution is 5.37. The largest absolute Gasteiger partial charge is 0.496 e. The van der Waals surface area contributed by atoms with Crippen LogP contribution >= 0.6 is 0 Å². The van der Waals surface area contributed by atoms with Crippen LogP contribution in [0.1, 0.15) is 30.1 Å². The molecule has 76 valence electrons. The Labute approximate surface area is 84.8 Å². The lowest BCUT2D eigenvalue weighted by atomic mass is 10.0. The van der Waals surface area contributed by atoms with Gasteiger partial charge >= 0.3 is 0 Å². The third-order valence-corrected chi connectivity index (χ3v) is 2.72. The first-order valence-corrected chi connectivity index (χ1v) is 5.07. The van der Waals surface area contributed by atoms with Crippen molar-refractivity contribution < 1.29 is 9.47 Å². The Morgan fingerprint density at radius 3 is 2.86 bits per heavy atom. The number of benzene rings is 1. The van der Waals surface area contributed by atoms with E-state index in [0.717, 1.165) is 18.8 Å². The summed E-state index contributed by atoms with van der Waals surface area (Å²) in [5.74, 6) is 0.951. The Hall–Kier alpha value is -1.02. The van der Waals surface area contributed by atoms with E-state index in [0.29, 0.717) is 6.10 Å². The van der Waals surface area contributed by atoms with Crippen molar-refractivity contribution in [3.63, 3.8) is 0 Å². The molecule has 14 heavy (non-hydrogen) atoms. The maximum absolute atomic E-state index is 5.63. The second kappa shape index (κ2) is 4.01. The molecule has 1 atom stereocenters. The third-order valence-electron chi connectivity index (χ3n) is 2.72. The molecule has 1 unspecified atom stereocenters. The first kappa shape index (κ1) is 9.53. The van der Waals surface area contributed by atoms with E-state index < -0.39 is 0 Å². The molecular weight excluding hydrogens is 176 g/mol. The van der Waals surface area contributed by atoms with Crippen molar-refractivity contribution in [1.29, 1.82) is 0 Å². The molecule has 2 rings (SSSR count). The summed E-state index contributed by atoms with van der Waals surface area (Å²) >= 11 is 0. The molecular formula is C12H16O2. The highest BCUT2D eigenvalue weighted by atomic mass is 16.5. The van der Waals surface area contributed by atoms with E-state index in [4.69, 9.17) is 9.47 Å². The standard InChI is InChI=1S/C12H16O2/c1-9-8-10(5-6-11(9)13-2)12-4-3-7-14-12/h5-6,8,12H,3-4,7H2,1-2H3. The zero-order valence-corrected chi connectivity index (χ0v) is 8.75. The highest BCUT2D eigenvalue weighted by Gasteiger charge is 2.17. The molecule has 0 bridgehead atoms. The van der Waals surface area contributed by atoms with Crippen molar-refractivity contribution in [3.8, 4) is 5.75 Å². The fourth-order valence-corrected chi connectivity index (χ4v) is 1.94. The molecule has 1 aromatic carbocycles. The summed E-state index contributed by atoms with van der Waals surface area (Å²) in [4.78, 5) is 0. The van der Waals surface area contributed by atoms with Gasteiger partial charge in [-0.25, -0.2) is 0 Å². The summed E-state index contributed by atoms with van der Waals surface area (Å²) in [6.45, 7) is 2.97. The van der Waals surface area contributed by atoms with Crippen LogP contribution in [0.25, 0.3) is 0 Å². The lowest BCUT2D eigenvalue weighted by Gasteiger charge is -2.12. The minimum Gasteiger partial charge on any atom is -0.496 e. The molecule has 1 aliphatic rings. The second-order valence-corrected chi connectivity index (χ2v) is 3.73. The minimum atomic E-state index is 0.305. The number of rotatable bonds is 2. The van der Waals surface area contributed by atoms with Gasteiger partial charge in [0, 0.05) is 6.61 Å². The van der Waals surface area contributed by atoms with Crippen LogP contribution in [0.3, 0.4) is 0 Å². The molecule has 1 aliphatic heterocycles. The van der Waals surface area contributed by atoms with Crippen molar-refractivity contribution >= 4 is 0 Å². The van der Waals surface area contributed by atoms with Crippen LogP contribution in [0, 0.1) is 6.92 Å². The SMILES string of the molecule is COc1ccc(C2CCCO2)cc1C. The van der Waals surface area contributed by atoms with Crippen LogP contribution in [0.5, 0.6) is 5.75 Å². The van der Waals surface area contributed by atoms with Crippen LogP contribution in [0.2, 0.25) is 0 Å². The number of ether oxygens (including phenoxy) is 2. The first-order chi connectivity index (χ1) is 6.81. The third kappa shape index (κ3) is 1.75. The van der Waals surface area contributed by atoms with Gasteiger partial charge in [0.25, 0.3) is 0 Å². The maximum Gasteiger partial charge on any atom is 0.121 e. The average Bonchev–Trinajstić information content (AvgIpc) is 2.70. The minimum absolute atomic E-state index is 0.305. The molecule has 0 saturated carbocycles. The molecule has 1 heterocycles. The first-order valence-electron chi connectivity index (χ1n) is 5.07. The Kier molecular flexibility index (Phi) is 2.73. The van der Waals surface area contributed by atoms with Gasteiger partial charge in [0.2, 0.25) is 0 Å². The van der Waals surface area contributed by atoms with Gasteiger partial charge in [0.1, 0.15) is 5.75 Å². The zero-order chi connectivity index (χ0) is 9.97. The molecule has 2 nitrogen and oxygen atoms in total. The molecule has 0 radical (unpaired) electrons. The number of hydrogen-bond donors (Lipinski definition) is 0. The van der Waals surface area contributed by atoms with Gasteiger partial charge in [0.05, 0.1) is 13.2 Å². The number of hydrogen-bond acceptors (Lipinski definition) is 2. The summed E-state index contributed by atoms with van der Waals surface area (Å²) in [5.41, 5.74) is 2.46. The fourth-order valence-electron chi connectivity index (χ4n) is 1.94. The molecule has 1 aromatic rings. The lowest BCUT2D eigenvalue weighted by molar-refractivity contribution is 0.112. The molecule has 2 heteroatoms. The summed E-state index contributed by atoms with van der Waals surface area (Å²) in [7, 11) is 1.70. The summed E-state index contributed by atoms with van der Waals surface area (Å²) < 4.78 is 10.8. The summed E-state index contributed by atoms with van der Waals surface area (Å²) in [5, 5.41) is 0. The van der Waals surface area contributed by atoms with Crippen molar-refractivity contribution in [1.82, 2.24) is 0 Å². The Bertz CT molecular complexity index is 314. The smallest absolute Gasteiger partial charge is 0.121 e. The van der Waals surface area contributed by atoms with Gasteiger partial charge in [-0.1, -0.05) is 6.07 Å². The van der Waals surface area contributed by atoms with E-state index in [9.17, 15) is 0 Å².